The van der Waals surface area contributed by atoms with E-state index in [9.17, 15) is 14.4 Å². The second kappa shape index (κ2) is 18.6. The topological polar surface area (TPSA) is 121 Å². The van der Waals surface area contributed by atoms with Crippen LogP contribution in [0.3, 0.4) is 0 Å². The van der Waals surface area contributed by atoms with E-state index in [0.717, 1.165) is 22.9 Å². The zero-order valence-electron chi connectivity index (χ0n) is 28.0. The van der Waals surface area contributed by atoms with Crippen LogP contribution in [0, 0.1) is 11.3 Å². The number of hydrogen-bond acceptors (Lipinski definition) is 7. The van der Waals surface area contributed by atoms with E-state index >= 15 is 0 Å². The maximum atomic E-state index is 14.2. The third kappa shape index (κ3) is 9.36. The average molecular weight is 687 g/mol. The number of amidine groups is 1. The maximum Gasteiger partial charge on any atom is 0.285 e. The van der Waals surface area contributed by atoms with Crippen molar-refractivity contribution in [3.63, 3.8) is 0 Å². The van der Waals surface area contributed by atoms with Crippen molar-refractivity contribution >= 4 is 40.7 Å². The number of benzene rings is 3. The number of rotatable bonds is 15. The minimum atomic E-state index is -0.753. The van der Waals surface area contributed by atoms with Crippen LogP contribution in [0.5, 0.6) is 11.5 Å². The van der Waals surface area contributed by atoms with Gasteiger partial charge in [0.2, 0.25) is 5.91 Å². The highest BCUT2D eigenvalue weighted by Gasteiger charge is 2.35. The van der Waals surface area contributed by atoms with Crippen molar-refractivity contribution in [2.24, 2.45) is 4.99 Å². The number of aliphatic imine (C=N–C) groups is 1. The second-order valence-electron chi connectivity index (χ2n) is 10.7. The van der Waals surface area contributed by atoms with Gasteiger partial charge < -0.3 is 14.8 Å². The van der Waals surface area contributed by atoms with Gasteiger partial charge in [0.1, 0.15) is 11.6 Å². The Balaban J connectivity index is 1.69. The van der Waals surface area contributed by atoms with Crippen LogP contribution in [0.25, 0.3) is 6.08 Å². The minimum absolute atomic E-state index is 0.0627. The van der Waals surface area contributed by atoms with Gasteiger partial charge in [-0.2, -0.15) is 10.3 Å². The molecule has 0 spiro atoms. The summed E-state index contributed by atoms with van der Waals surface area (Å²) in [5.41, 5.74) is 3.23. The summed E-state index contributed by atoms with van der Waals surface area (Å²) < 4.78 is 11.5. The van der Waals surface area contributed by atoms with Crippen LogP contribution >= 0.6 is 11.8 Å². The lowest BCUT2D eigenvalue weighted by molar-refractivity contribution is -0.126. The van der Waals surface area contributed by atoms with E-state index in [-0.39, 0.29) is 29.0 Å². The Morgan fingerprint density at radius 3 is 2.32 bits per heavy atom. The molecule has 4 rings (SSSR count). The molecule has 3 aromatic carbocycles. The molecule has 1 N–H and O–H groups in total. The minimum Gasteiger partial charge on any atom is -0.490 e. The molecular formula is C40H38N4O5S. The molecule has 1 heterocycles. The zero-order chi connectivity index (χ0) is 35.9. The fraction of sp³-hybridized carbons (Fsp3) is 0.175. The molecule has 0 atom stereocenters. The Bertz CT molecular complexity index is 1850. The Labute approximate surface area is 297 Å². The lowest BCUT2D eigenvalue weighted by Gasteiger charge is -2.28. The largest absolute Gasteiger partial charge is 0.490 e. The summed E-state index contributed by atoms with van der Waals surface area (Å²) in [5.74, 6) is -1.04. The normalized spacial score (nSPS) is 14.0. The quantitative estimate of drug-likeness (QED) is 0.0783. The van der Waals surface area contributed by atoms with E-state index < -0.39 is 17.9 Å². The van der Waals surface area contributed by atoms with Crippen LogP contribution in [-0.2, 0) is 20.8 Å². The summed E-state index contributed by atoms with van der Waals surface area (Å²) in [7, 11) is 0. The molecule has 0 saturated heterocycles. The first-order valence-electron chi connectivity index (χ1n) is 15.9. The number of hydrogen-bond donors (Lipinski definition) is 1. The number of ether oxygens (including phenoxy) is 2. The first-order chi connectivity index (χ1) is 24.3. The van der Waals surface area contributed by atoms with Crippen LogP contribution < -0.4 is 14.8 Å². The number of allylic oxidation sites excluding steroid dienone is 5. The smallest absolute Gasteiger partial charge is 0.285 e. The molecule has 254 valence electrons. The number of nitriles is 1. The molecule has 0 bridgehead atoms. The fourth-order valence-corrected chi connectivity index (χ4v) is 5.97. The van der Waals surface area contributed by atoms with Crippen molar-refractivity contribution in [2.45, 2.75) is 26.3 Å². The number of carbonyl (C=O) groups excluding carboxylic acids is 3. The fourth-order valence-electron chi connectivity index (χ4n) is 5.16. The molecule has 9 nitrogen and oxygen atoms in total. The van der Waals surface area contributed by atoms with Crippen LogP contribution in [0.15, 0.2) is 133 Å². The Morgan fingerprint density at radius 1 is 1.06 bits per heavy atom. The molecule has 0 unspecified atom stereocenters. The van der Waals surface area contributed by atoms with Crippen molar-refractivity contribution < 1.29 is 23.9 Å². The maximum absolute atomic E-state index is 14.2. The molecule has 1 aliphatic rings. The highest BCUT2D eigenvalue weighted by atomic mass is 32.2. The van der Waals surface area contributed by atoms with Gasteiger partial charge in [0.05, 0.1) is 18.4 Å². The summed E-state index contributed by atoms with van der Waals surface area (Å²) >= 11 is 0.987. The summed E-state index contributed by atoms with van der Waals surface area (Å²) in [6.45, 7) is 11.2. The van der Waals surface area contributed by atoms with Gasteiger partial charge in [0, 0.05) is 11.3 Å². The van der Waals surface area contributed by atoms with Gasteiger partial charge in [0.25, 0.3) is 11.8 Å². The summed E-state index contributed by atoms with van der Waals surface area (Å²) in [6, 6.07) is 24.2. The average Bonchev–Trinajstić information content (AvgIpc) is 3.13. The summed E-state index contributed by atoms with van der Waals surface area (Å²) in [6.07, 6.45) is 10.1. The van der Waals surface area contributed by atoms with Crippen molar-refractivity contribution in [3.8, 4) is 17.6 Å². The van der Waals surface area contributed by atoms with Gasteiger partial charge in [-0.15, -0.1) is 6.58 Å². The first kappa shape index (κ1) is 36.9. The zero-order valence-corrected chi connectivity index (χ0v) is 28.8. The number of amides is 3. The van der Waals surface area contributed by atoms with Gasteiger partial charge in [-0.1, -0.05) is 103 Å². The lowest BCUT2D eigenvalue weighted by Crippen LogP contribution is -2.42. The van der Waals surface area contributed by atoms with Gasteiger partial charge in [-0.05, 0) is 61.2 Å². The van der Waals surface area contributed by atoms with Crippen LogP contribution in [0.2, 0.25) is 0 Å². The van der Waals surface area contributed by atoms with Crippen molar-refractivity contribution in [2.75, 3.05) is 19.0 Å². The molecule has 0 aromatic heterocycles. The van der Waals surface area contributed by atoms with Crippen molar-refractivity contribution in [3.05, 3.63) is 150 Å². The molecule has 0 aliphatic carbocycles. The van der Waals surface area contributed by atoms with Crippen LogP contribution in [0.4, 0.5) is 0 Å². The third-order valence-corrected chi connectivity index (χ3v) is 8.26. The highest BCUT2D eigenvalue weighted by molar-refractivity contribution is 8.14. The van der Waals surface area contributed by atoms with E-state index in [0.29, 0.717) is 41.4 Å². The van der Waals surface area contributed by atoms with E-state index in [1.54, 1.807) is 49.4 Å². The molecule has 0 fully saturated rings. The molecule has 0 saturated carbocycles. The number of nitrogens with one attached hydrogen (secondary N) is 1. The monoisotopic (exact) mass is 686 g/mol. The SMILES string of the molecule is C=C/C=C\C(=C/C)N1C(=O)/C(=C/c2cc(CC=C)c(OCC#N)c(OCC)c2)C(=O)N=C1SCC(=O)NC(c1ccccc1)c1ccccc1. The van der Waals surface area contributed by atoms with E-state index in [1.807, 2.05) is 73.7 Å². The van der Waals surface area contributed by atoms with E-state index in [2.05, 4.69) is 23.5 Å². The van der Waals surface area contributed by atoms with E-state index in [1.165, 1.54) is 11.0 Å². The summed E-state index contributed by atoms with van der Waals surface area (Å²) in [5, 5.41) is 12.2. The van der Waals surface area contributed by atoms with E-state index in [4.69, 9.17) is 14.7 Å². The van der Waals surface area contributed by atoms with Gasteiger partial charge >= 0.3 is 0 Å². The van der Waals surface area contributed by atoms with Gasteiger partial charge in [-0.25, -0.2) is 0 Å². The van der Waals surface area contributed by atoms with Crippen molar-refractivity contribution in [1.29, 1.82) is 5.26 Å². The molecule has 50 heavy (non-hydrogen) atoms. The molecule has 10 heteroatoms. The Kier molecular flexibility index (Phi) is 13.7. The number of carbonyl (C=O) groups is 3. The summed E-state index contributed by atoms with van der Waals surface area (Å²) in [4.78, 5) is 46.7. The first-order valence-corrected chi connectivity index (χ1v) is 16.9. The van der Waals surface area contributed by atoms with Crippen LogP contribution in [0.1, 0.15) is 42.1 Å². The molecule has 0 radical (unpaired) electrons. The standard InChI is InChI=1S/C40H38N4O5S/c1-5-9-21-32(7-3)44-39(47)33(25-28-24-31(16-6-2)37(49-23-22-41)34(26-28)48-8-4)38(46)43-40(44)50-27-35(45)42-36(29-17-12-10-13-18-29)30-19-14-11-15-20-30/h5-7,9-15,17-21,24-26,36H,1-2,8,16,23,27H2,3-4H3,(H,42,45)/b21-9-,32-7+,33-25+. The van der Waals surface area contributed by atoms with Gasteiger partial charge in [0.15, 0.2) is 23.3 Å². The lowest BCUT2D eigenvalue weighted by atomic mass is 9.99. The molecule has 3 amide bonds. The highest BCUT2D eigenvalue weighted by Crippen LogP contribution is 2.35. The third-order valence-electron chi connectivity index (χ3n) is 7.32. The Hall–Kier alpha value is -5.92. The number of nitrogens with zero attached hydrogens (tertiary/aromatic N) is 3. The molecular weight excluding hydrogens is 649 g/mol. The second-order valence-corrected chi connectivity index (χ2v) is 11.6. The van der Waals surface area contributed by atoms with Gasteiger partial charge in [-0.3, -0.25) is 19.3 Å². The van der Waals surface area contributed by atoms with Crippen LogP contribution in [-0.4, -0.2) is 46.8 Å². The Morgan fingerprint density at radius 2 is 1.74 bits per heavy atom. The molecule has 3 aromatic rings. The van der Waals surface area contributed by atoms with Crippen molar-refractivity contribution in [1.82, 2.24) is 10.2 Å². The molecule has 1 aliphatic heterocycles. The predicted molar refractivity (Wildman–Crippen MR) is 198 cm³/mol. The predicted octanol–water partition coefficient (Wildman–Crippen LogP) is 7.11. The number of thioether (sulfide) groups is 1.